The van der Waals surface area contributed by atoms with E-state index in [4.69, 9.17) is 11.6 Å². The molecule has 3 amide bonds. The average molecular weight is 414 g/mol. The number of thioether (sulfide) groups is 1. The zero-order valence-corrected chi connectivity index (χ0v) is 17.2. The van der Waals surface area contributed by atoms with Crippen LogP contribution in [0.1, 0.15) is 27.7 Å². The van der Waals surface area contributed by atoms with Gasteiger partial charge in [0, 0.05) is 16.2 Å². The monoisotopic (exact) mass is 413 g/mol. The van der Waals surface area contributed by atoms with E-state index >= 15 is 0 Å². The quantitative estimate of drug-likeness (QED) is 0.640. The van der Waals surface area contributed by atoms with Gasteiger partial charge in [-0.05, 0) is 45.9 Å². The number of hydrogen-bond acceptors (Lipinski definition) is 7. The van der Waals surface area contributed by atoms with Gasteiger partial charge in [-0.3, -0.25) is 10.1 Å². The first-order valence-electron chi connectivity index (χ1n) is 7.78. The lowest BCUT2D eigenvalue weighted by atomic mass is 10.1. The van der Waals surface area contributed by atoms with Gasteiger partial charge in [-0.2, -0.15) is 0 Å². The number of anilines is 2. The van der Waals surface area contributed by atoms with E-state index in [1.54, 1.807) is 19.1 Å². The summed E-state index contributed by atoms with van der Waals surface area (Å²) in [6, 6.07) is 6.74. The Hall–Kier alpha value is -1.84. The molecule has 0 aliphatic carbocycles. The first kappa shape index (κ1) is 20.5. The number of carbonyl (C=O) groups is 2. The van der Waals surface area contributed by atoms with Crippen LogP contribution in [-0.2, 0) is 4.79 Å². The van der Waals surface area contributed by atoms with Crippen molar-refractivity contribution in [2.75, 3.05) is 5.32 Å². The van der Waals surface area contributed by atoms with Crippen molar-refractivity contribution in [1.29, 1.82) is 0 Å². The third-order valence-electron chi connectivity index (χ3n) is 2.85. The topological polar surface area (TPSA) is 96.0 Å². The second-order valence-electron chi connectivity index (χ2n) is 6.46. The molecule has 1 heterocycles. The first-order valence-corrected chi connectivity index (χ1v) is 9.85. The molecule has 1 aromatic heterocycles. The maximum atomic E-state index is 12.1. The van der Waals surface area contributed by atoms with Crippen LogP contribution < -0.4 is 16.0 Å². The molecule has 0 aliphatic heterocycles. The molecule has 0 fully saturated rings. The number of hydrogen-bond donors (Lipinski definition) is 3. The zero-order valence-electron chi connectivity index (χ0n) is 14.8. The summed E-state index contributed by atoms with van der Waals surface area (Å²) in [4.78, 5) is 23.9. The molecular formula is C16H20ClN5O2S2. The molecule has 0 saturated carbocycles. The predicted octanol–water partition coefficient (Wildman–Crippen LogP) is 4.04. The predicted molar refractivity (Wildman–Crippen MR) is 106 cm³/mol. The summed E-state index contributed by atoms with van der Waals surface area (Å²) in [5, 5.41) is 16.9. The van der Waals surface area contributed by atoms with Crippen LogP contribution in [-0.4, -0.2) is 32.9 Å². The maximum Gasteiger partial charge on any atom is 0.321 e. The van der Waals surface area contributed by atoms with Crippen molar-refractivity contribution in [3.05, 3.63) is 29.3 Å². The Morgan fingerprint density at radius 3 is 2.65 bits per heavy atom. The minimum absolute atomic E-state index is 0.392. The molecule has 0 saturated heterocycles. The number of amides is 3. The standard InChI is InChI=1S/C16H20ClN5O2S2/c1-9(12(23)19-13(24)20-16(2,3)4)25-15-22-21-14(26-15)18-11-7-5-6-10(17)8-11/h5-9H,1-4H3,(H,18,21)(H2,19,20,23,24)/t9-/m0/s1. The van der Waals surface area contributed by atoms with E-state index in [0.717, 1.165) is 5.69 Å². The molecule has 2 rings (SSSR count). The van der Waals surface area contributed by atoms with Crippen LogP contribution >= 0.6 is 34.7 Å². The zero-order chi connectivity index (χ0) is 19.3. The average Bonchev–Trinajstić information content (AvgIpc) is 2.92. The summed E-state index contributed by atoms with van der Waals surface area (Å²) in [6.45, 7) is 7.22. The molecule has 1 atom stereocenters. The normalized spacial score (nSPS) is 12.3. The van der Waals surface area contributed by atoms with Gasteiger partial charge in [-0.25, -0.2) is 4.79 Å². The van der Waals surface area contributed by atoms with Crippen molar-refractivity contribution >= 4 is 57.5 Å². The fourth-order valence-corrected chi connectivity index (χ4v) is 3.89. The Balaban J connectivity index is 1.89. The van der Waals surface area contributed by atoms with Crippen LogP contribution in [0.5, 0.6) is 0 Å². The fraction of sp³-hybridized carbons (Fsp3) is 0.375. The maximum absolute atomic E-state index is 12.1. The molecule has 2 aromatic rings. The summed E-state index contributed by atoms with van der Waals surface area (Å²) in [5.41, 5.74) is 0.385. The second-order valence-corrected chi connectivity index (χ2v) is 9.46. The lowest BCUT2D eigenvalue weighted by Gasteiger charge is -2.20. The van der Waals surface area contributed by atoms with Gasteiger partial charge in [0.1, 0.15) is 0 Å². The molecule has 0 radical (unpaired) electrons. The van der Waals surface area contributed by atoms with Crippen molar-refractivity contribution in [3.8, 4) is 0 Å². The Morgan fingerprint density at radius 2 is 2.00 bits per heavy atom. The first-order chi connectivity index (χ1) is 12.1. The Bertz CT molecular complexity index is 791. The van der Waals surface area contributed by atoms with E-state index in [1.165, 1.54) is 23.1 Å². The number of nitrogens with zero attached hydrogens (tertiary/aromatic N) is 2. The summed E-state index contributed by atoms with van der Waals surface area (Å²) >= 11 is 8.49. The van der Waals surface area contributed by atoms with Crippen LogP contribution in [0.4, 0.5) is 15.6 Å². The van der Waals surface area contributed by atoms with Gasteiger partial charge in [-0.15, -0.1) is 10.2 Å². The summed E-state index contributed by atoms with van der Waals surface area (Å²) in [5.74, 6) is -0.392. The summed E-state index contributed by atoms with van der Waals surface area (Å²) in [6.07, 6.45) is 0. The van der Waals surface area contributed by atoms with Crippen LogP contribution in [0.15, 0.2) is 28.6 Å². The van der Waals surface area contributed by atoms with Crippen LogP contribution in [0.3, 0.4) is 0 Å². The second kappa shape index (κ2) is 8.70. The summed E-state index contributed by atoms with van der Waals surface area (Å²) < 4.78 is 0.619. The number of urea groups is 1. The number of carbonyl (C=O) groups excluding carboxylic acids is 2. The van der Waals surface area contributed by atoms with Gasteiger partial charge in [0.05, 0.1) is 5.25 Å². The highest BCUT2D eigenvalue weighted by Gasteiger charge is 2.21. The third kappa shape index (κ3) is 6.81. The molecular weight excluding hydrogens is 394 g/mol. The SMILES string of the molecule is C[C@H](Sc1nnc(Nc2cccc(Cl)c2)s1)C(=O)NC(=O)NC(C)(C)C. The van der Waals surface area contributed by atoms with Gasteiger partial charge in [0.15, 0.2) is 4.34 Å². The molecule has 0 spiro atoms. The molecule has 0 aliphatic rings. The lowest BCUT2D eigenvalue weighted by molar-refractivity contribution is -0.119. The van der Waals surface area contributed by atoms with Crippen LogP contribution in [0.25, 0.3) is 0 Å². The molecule has 1 aromatic carbocycles. The Kier molecular flexibility index (Phi) is 6.85. The van der Waals surface area contributed by atoms with Crippen LogP contribution in [0.2, 0.25) is 5.02 Å². The van der Waals surface area contributed by atoms with E-state index < -0.39 is 22.7 Å². The highest BCUT2D eigenvalue weighted by Crippen LogP contribution is 2.30. The van der Waals surface area contributed by atoms with Crippen LogP contribution in [0, 0.1) is 0 Å². The fourth-order valence-electron chi connectivity index (χ4n) is 1.79. The highest BCUT2D eigenvalue weighted by atomic mass is 35.5. The highest BCUT2D eigenvalue weighted by molar-refractivity contribution is 8.02. The molecule has 10 heteroatoms. The number of halogens is 1. The molecule has 7 nitrogen and oxygen atoms in total. The summed E-state index contributed by atoms with van der Waals surface area (Å²) in [7, 11) is 0. The van der Waals surface area contributed by atoms with E-state index in [2.05, 4.69) is 26.1 Å². The third-order valence-corrected chi connectivity index (χ3v) is 5.11. The number of imide groups is 1. The largest absolute Gasteiger partial charge is 0.333 e. The van der Waals surface area contributed by atoms with Gasteiger partial charge in [0.2, 0.25) is 11.0 Å². The Labute approximate surface area is 165 Å². The smallest absolute Gasteiger partial charge is 0.321 e. The Morgan fingerprint density at radius 1 is 1.27 bits per heavy atom. The molecule has 140 valence electrons. The number of benzene rings is 1. The lowest BCUT2D eigenvalue weighted by Crippen LogP contribution is -2.49. The van der Waals surface area contributed by atoms with Gasteiger partial charge in [-0.1, -0.05) is 40.8 Å². The van der Waals surface area contributed by atoms with E-state index in [0.29, 0.717) is 14.5 Å². The van der Waals surface area contributed by atoms with Crippen molar-refractivity contribution < 1.29 is 9.59 Å². The molecule has 3 N–H and O–H groups in total. The molecule has 26 heavy (non-hydrogen) atoms. The number of nitrogens with one attached hydrogen (secondary N) is 3. The van der Waals surface area contributed by atoms with Crippen molar-refractivity contribution in [1.82, 2.24) is 20.8 Å². The minimum Gasteiger partial charge on any atom is -0.333 e. The van der Waals surface area contributed by atoms with Gasteiger partial charge in [0.25, 0.3) is 0 Å². The number of aromatic nitrogens is 2. The van der Waals surface area contributed by atoms with Crippen molar-refractivity contribution in [3.63, 3.8) is 0 Å². The van der Waals surface area contributed by atoms with E-state index in [-0.39, 0.29) is 0 Å². The van der Waals surface area contributed by atoms with Crippen molar-refractivity contribution in [2.24, 2.45) is 0 Å². The molecule has 0 unspecified atom stereocenters. The minimum atomic E-state index is -0.518. The number of rotatable bonds is 5. The van der Waals surface area contributed by atoms with Gasteiger partial charge >= 0.3 is 6.03 Å². The van der Waals surface area contributed by atoms with E-state index in [9.17, 15) is 9.59 Å². The van der Waals surface area contributed by atoms with Gasteiger partial charge < -0.3 is 10.6 Å². The molecule has 0 bridgehead atoms. The van der Waals surface area contributed by atoms with E-state index in [1.807, 2.05) is 32.9 Å². The van der Waals surface area contributed by atoms with Crippen molar-refractivity contribution in [2.45, 2.75) is 42.8 Å².